The van der Waals surface area contributed by atoms with Gasteiger partial charge in [-0.2, -0.15) is 0 Å². The number of aromatic hydroxyl groups is 1. The number of ether oxygens (including phenoxy) is 1. The van der Waals surface area contributed by atoms with Gasteiger partial charge in [0.25, 0.3) is 0 Å². The molecule has 124 valence electrons. The van der Waals surface area contributed by atoms with Crippen LogP contribution in [-0.4, -0.2) is 18.2 Å². The first kappa shape index (κ1) is 15.3. The number of rotatable bonds is 3. The Morgan fingerprint density at radius 2 is 1.67 bits per heavy atom. The number of benzene rings is 2. The summed E-state index contributed by atoms with van der Waals surface area (Å²) in [4.78, 5) is 11.7. The smallest absolute Gasteiger partial charge is 0.337 e. The monoisotopic (exact) mass is 322 g/mol. The molecule has 0 heterocycles. The fourth-order valence-corrected chi connectivity index (χ4v) is 4.98. The Kier molecular flexibility index (Phi) is 3.60. The summed E-state index contributed by atoms with van der Waals surface area (Å²) in [7, 11) is 1.41. The molecular weight excluding hydrogens is 300 g/mol. The van der Waals surface area contributed by atoms with Crippen LogP contribution in [0.15, 0.2) is 48.5 Å². The number of fused-ring (bicyclic) bond motifs is 2. The second kappa shape index (κ2) is 5.66. The highest BCUT2D eigenvalue weighted by atomic mass is 16.5. The third-order valence-corrected chi connectivity index (χ3v) is 6.05. The van der Waals surface area contributed by atoms with E-state index in [1.165, 1.54) is 37.5 Å². The number of phenols is 1. The van der Waals surface area contributed by atoms with Crippen LogP contribution in [0.5, 0.6) is 5.75 Å². The van der Waals surface area contributed by atoms with Crippen molar-refractivity contribution >= 4 is 5.97 Å². The van der Waals surface area contributed by atoms with E-state index >= 15 is 0 Å². The molecule has 2 aliphatic rings. The SMILES string of the molecule is COC(=O)c1ccc([C@@]2(c3ccc(O)cc3)CC3CCC2C3)cc1. The van der Waals surface area contributed by atoms with Crippen LogP contribution >= 0.6 is 0 Å². The molecule has 3 nitrogen and oxygen atoms in total. The molecule has 0 saturated heterocycles. The Bertz CT molecular complexity index is 748. The van der Waals surface area contributed by atoms with E-state index in [-0.39, 0.29) is 11.4 Å². The highest BCUT2D eigenvalue weighted by Crippen LogP contribution is 2.60. The van der Waals surface area contributed by atoms with E-state index in [1.807, 2.05) is 12.1 Å². The van der Waals surface area contributed by atoms with Crippen LogP contribution in [0.3, 0.4) is 0 Å². The average Bonchev–Trinajstić information content (AvgIpc) is 3.23. The van der Waals surface area contributed by atoms with Crippen molar-refractivity contribution in [2.45, 2.75) is 31.1 Å². The fourth-order valence-electron chi connectivity index (χ4n) is 4.98. The van der Waals surface area contributed by atoms with Gasteiger partial charge in [-0.3, -0.25) is 0 Å². The maximum Gasteiger partial charge on any atom is 0.337 e. The number of hydrogen-bond acceptors (Lipinski definition) is 3. The van der Waals surface area contributed by atoms with Gasteiger partial charge in [0.1, 0.15) is 5.75 Å². The predicted molar refractivity (Wildman–Crippen MR) is 92.1 cm³/mol. The molecule has 2 aliphatic carbocycles. The zero-order valence-electron chi connectivity index (χ0n) is 13.9. The van der Waals surface area contributed by atoms with Crippen molar-refractivity contribution in [3.05, 3.63) is 65.2 Å². The Hall–Kier alpha value is -2.29. The van der Waals surface area contributed by atoms with Crippen LogP contribution in [0.4, 0.5) is 0 Å². The molecule has 1 N–H and O–H groups in total. The molecule has 0 aromatic heterocycles. The van der Waals surface area contributed by atoms with Gasteiger partial charge in [0.15, 0.2) is 0 Å². The highest BCUT2D eigenvalue weighted by molar-refractivity contribution is 5.89. The van der Waals surface area contributed by atoms with Gasteiger partial charge < -0.3 is 9.84 Å². The lowest BCUT2D eigenvalue weighted by atomic mass is 9.64. The van der Waals surface area contributed by atoms with Crippen LogP contribution in [0.1, 0.15) is 47.2 Å². The lowest BCUT2D eigenvalue weighted by Crippen LogP contribution is -2.34. The minimum atomic E-state index is -0.298. The van der Waals surface area contributed by atoms with Crippen molar-refractivity contribution in [2.24, 2.45) is 11.8 Å². The molecule has 2 bridgehead atoms. The van der Waals surface area contributed by atoms with Crippen molar-refractivity contribution < 1.29 is 14.6 Å². The summed E-state index contributed by atoms with van der Waals surface area (Å²) in [5.41, 5.74) is 3.14. The lowest BCUT2D eigenvalue weighted by Gasteiger charge is -2.39. The molecule has 2 fully saturated rings. The number of esters is 1. The Labute approximate surface area is 142 Å². The van der Waals surface area contributed by atoms with Gasteiger partial charge >= 0.3 is 5.97 Å². The van der Waals surface area contributed by atoms with Gasteiger partial charge in [-0.15, -0.1) is 0 Å². The maximum absolute atomic E-state index is 11.7. The summed E-state index contributed by atoms with van der Waals surface area (Å²) in [6.07, 6.45) is 5.01. The van der Waals surface area contributed by atoms with E-state index in [9.17, 15) is 9.90 Å². The van der Waals surface area contributed by atoms with Crippen LogP contribution in [0.2, 0.25) is 0 Å². The van der Waals surface area contributed by atoms with Crippen LogP contribution in [-0.2, 0) is 10.2 Å². The summed E-state index contributed by atoms with van der Waals surface area (Å²) in [5, 5.41) is 9.66. The first-order valence-electron chi connectivity index (χ1n) is 8.62. The second-order valence-electron chi connectivity index (χ2n) is 7.17. The minimum absolute atomic E-state index is 0.00522. The molecule has 0 radical (unpaired) electrons. The summed E-state index contributed by atoms with van der Waals surface area (Å²) < 4.78 is 4.81. The van der Waals surface area contributed by atoms with Crippen molar-refractivity contribution in [3.8, 4) is 5.75 Å². The minimum Gasteiger partial charge on any atom is -0.508 e. The molecule has 0 spiro atoms. The third-order valence-electron chi connectivity index (χ3n) is 6.05. The van der Waals surface area contributed by atoms with Gasteiger partial charge in [0, 0.05) is 5.41 Å². The predicted octanol–water partition coefficient (Wildman–Crippen LogP) is 4.28. The first-order valence-corrected chi connectivity index (χ1v) is 8.62. The standard InChI is InChI=1S/C21H22O3/c1-24-20(23)15-3-6-16(7-4-15)21(13-14-2-5-18(21)12-14)17-8-10-19(22)11-9-17/h3-4,6-11,14,18,22H,2,5,12-13H2,1H3/t14?,18?,21-/m1/s1. The summed E-state index contributed by atoms with van der Waals surface area (Å²) in [6, 6.07) is 15.6. The van der Waals surface area contributed by atoms with E-state index in [2.05, 4.69) is 24.3 Å². The van der Waals surface area contributed by atoms with E-state index in [0.717, 1.165) is 12.3 Å². The van der Waals surface area contributed by atoms with Gasteiger partial charge in [0.2, 0.25) is 0 Å². The summed E-state index contributed by atoms with van der Waals surface area (Å²) in [6.45, 7) is 0. The molecule has 3 heteroatoms. The second-order valence-corrected chi connectivity index (χ2v) is 7.17. The molecular formula is C21H22O3. The quantitative estimate of drug-likeness (QED) is 0.858. The Morgan fingerprint density at radius 1 is 1.04 bits per heavy atom. The van der Waals surface area contributed by atoms with E-state index < -0.39 is 0 Å². The van der Waals surface area contributed by atoms with Gasteiger partial charge in [-0.1, -0.05) is 30.7 Å². The van der Waals surface area contributed by atoms with Crippen LogP contribution in [0.25, 0.3) is 0 Å². The van der Waals surface area contributed by atoms with Gasteiger partial charge in [-0.05, 0) is 66.5 Å². The summed E-state index contributed by atoms with van der Waals surface area (Å²) in [5.74, 6) is 1.42. The molecule has 2 aromatic rings. The van der Waals surface area contributed by atoms with Crippen molar-refractivity contribution in [1.29, 1.82) is 0 Å². The fraction of sp³-hybridized carbons (Fsp3) is 0.381. The number of methoxy groups -OCH3 is 1. The highest BCUT2D eigenvalue weighted by Gasteiger charge is 2.52. The molecule has 2 aromatic carbocycles. The Morgan fingerprint density at radius 3 is 2.17 bits per heavy atom. The number of carbonyl (C=O) groups is 1. The van der Waals surface area contributed by atoms with Crippen LogP contribution in [0, 0.1) is 11.8 Å². The number of hydrogen-bond donors (Lipinski definition) is 1. The molecule has 0 aliphatic heterocycles. The third kappa shape index (κ3) is 2.22. The zero-order chi connectivity index (χ0) is 16.7. The Balaban J connectivity index is 1.79. The van der Waals surface area contributed by atoms with Crippen molar-refractivity contribution in [2.75, 3.05) is 7.11 Å². The molecule has 24 heavy (non-hydrogen) atoms. The average molecular weight is 322 g/mol. The van der Waals surface area contributed by atoms with Gasteiger partial charge in [0.05, 0.1) is 12.7 Å². The van der Waals surface area contributed by atoms with Crippen molar-refractivity contribution in [3.63, 3.8) is 0 Å². The first-order chi connectivity index (χ1) is 11.6. The lowest BCUT2D eigenvalue weighted by molar-refractivity contribution is 0.0600. The van der Waals surface area contributed by atoms with E-state index in [4.69, 9.17) is 4.74 Å². The van der Waals surface area contributed by atoms with Crippen LogP contribution < -0.4 is 0 Å². The van der Waals surface area contributed by atoms with Gasteiger partial charge in [-0.25, -0.2) is 4.79 Å². The zero-order valence-corrected chi connectivity index (χ0v) is 13.9. The molecule has 2 saturated carbocycles. The van der Waals surface area contributed by atoms with E-state index in [1.54, 1.807) is 12.1 Å². The number of carbonyl (C=O) groups excluding carboxylic acids is 1. The molecule has 0 amide bonds. The normalized spacial score (nSPS) is 28.0. The molecule has 3 atom stereocenters. The van der Waals surface area contributed by atoms with Crippen molar-refractivity contribution in [1.82, 2.24) is 0 Å². The number of phenolic OH excluding ortho intramolecular Hbond substituents is 1. The summed E-state index contributed by atoms with van der Waals surface area (Å²) >= 11 is 0. The topological polar surface area (TPSA) is 46.5 Å². The molecule has 4 rings (SSSR count). The maximum atomic E-state index is 11.7. The largest absolute Gasteiger partial charge is 0.508 e. The molecule has 2 unspecified atom stereocenters. The van der Waals surface area contributed by atoms with E-state index in [0.29, 0.717) is 17.2 Å².